The number of benzene rings is 2. The number of carbonyl (C=O) groups excluding carboxylic acids is 1. The van der Waals surface area contributed by atoms with E-state index in [1.807, 2.05) is 24.3 Å². The van der Waals surface area contributed by atoms with E-state index in [2.05, 4.69) is 15.2 Å². The fourth-order valence-electron chi connectivity index (χ4n) is 3.27. The molecule has 4 rings (SSSR count). The van der Waals surface area contributed by atoms with Crippen LogP contribution in [0.5, 0.6) is 5.75 Å². The Morgan fingerprint density at radius 3 is 2.67 bits per heavy atom. The molecule has 140 valence electrons. The van der Waals surface area contributed by atoms with Crippen molar-refractivity contribution in [2.45, 2.75) is 12.8 Å². The van der Waals surface area contributed by atoms with Crippen LogP contribution in [0.3, 0.4) is 0 Å². The highest BCUT2D eigenvalue weighted by atomic mass is 32.1. The van der Waals surface area contributed by atoms with E-state index in [1.165, 1.54) is 23.5 Å². The van der Waals surface area contributed by atoms with E-state index in [9.17, 15) is 9.18 Å². The van der Waals surface area contributed by atoms with Gasteiger partial charge in [-0.05, 0) is 55.3 Å². The van der Waals surface area contributed by atoms with Crippen LogP contribution in [0, 0.1) is 11.7 Å². The summed E-state index contributed by atoms with van der Waals surface area (Å²) in [7, 11) is 1.61. The Bertz CT molecular complexity index is 950. The molecular weight excluding hydrogens is 365 g/mol. The zero-order valence-corrected chi connectivity index (χ0v) is 15.8. The maximum Gasteiger partial charge on any atom is 0.227 e. The van der Waals surface area contributed by atoms with Crippen molar-refractivity contribution >= 4 is 38.3 Å². The highest BCUT2D eigenvalue weighted by Gasteiger charge is 2.26. The second kappa shape index (κ2) is 7.52. The van der Waals surface area contributed by atoms with E-state index in [1.54, 1.807) is 13.2 Å². The molecule has 2 aromatic carbocycles. The van der Waals surface area contributed by atoms with Crippen LogP contribution >= 0.6 is 11.3 Å². The fourth-order valence-corrected chi connectivity index (χ4v) is 4.32. The number of thiazole rings is 1. The quantitative estimate of drug-likeness (QED) is 0.728. The standard InChI is InChI=1S/C20H20FN3O2S/c1-26-16-5-3-15(4-6-16)22-19(25)13-8-10-24(11-9-13)20-23-17-7-2-14(21)12-18(17)27-20/h2-7,12-13H,8-11H2,1H3,(H,22,25). The molecule has 0 saturated carbocycles. The molecule has 27 heavy (non-hydrogen) atoms. The lowest BCUT2D eigenvalue weighted by molar-refractivity contribution is -0.120. The van der Waals surface area contributed by atoms with Crippen molar-refractivity contribution in [3.8, 4) is 5.75 Å². The number of anilines is 2. The Morgan fingerprint density at radius 2 is 1.96 bits per heavy atom. The van der Waals surface area contributed by atoms with Gasteiger partial charge in [0.15, 0.2) is 5.13 Å². The van der Waals surface area contributed by atoms with Crippen molar-refractivity contribution in [3.63, 3.8) is 0 Å². The molecule has 3 aromatic rings. The molecule has 0 unspecified atom stereocenters. The van der Waals surface area contributed by atoms with Crippen molar-refractivity contribution in [3.05, 3.63) is 48.3 Å². The summed E-state index contributed by atoms with van der Waals surface area (Å²) >= 11 is 1.50. The first kappa shape index (κ1) is 17.7. The van der Waals surface area contributed by atoms with Crippen molar-refractivity contribution < 1.29 is 13.9 Å². The van der Waals surface area contributed by atoms with Gasteiger partial charge in [-0.1, -0.05) is 11.3 Å². The van der Waals surface area contributed by atoms with E-state index in [-0.39, 0.29) is 17.6 Å². The molecule has 0 spiro atoms. The SMILES string of the molecule is COc1ccc(NC(=O)C2CCN(c3nc4ccc(F)cc4s3)CC2)cc1. The number of ether oxygens (including phenoxy) is 1. The highest BCUT2D eigenvalue weighted by Crippen LogP contribution is 2.32. The van der Waals surface area contributed by atoms with Gasteiger partial charge in [-0.15, -0.1) is 0 Å². The molecule has 1 saturated heterocycles. The second-order valence-electron chi connectivity index (χ2n) is 6.59. The third-order valence-corrected chi connectivity index (χ3v) is 5.91. The van der Waals surface area contributed by atoms with Gasteiger partial charge in [0.2, 0.25) is 5.91 Å². The lowest BCUT2D eigenvalue weighted by atomic mass is 9.96. The zero-order valence-electron chi connectivity index (χ0n) is 14.9. The molecule has 1 aromatic heterocycles. The van der Waals surface area contributed by atoms with Crippen molar-refractivity contribution in [2.75, 3.05) is 30.4 Å². The Hall–Kier alpha value is -2.67. The molecule has 0 bridgehead atoms. The predicted octanol–water partition coefficient (Wildman–Crippen LogP) is 4.30. The Balaban J connectivity index is 1.36. The number of nitrogens with one attached hydrogen (secondary N) is 1. The molecule has 2 heterocycles. The molecule has 5 nitrogen and oxygen atoms in total. The van der Waals surface area contributed by atoms with Gasteiger partial charge < -0.3 is 15.0 Å². The van der Waals surface area contributed by atoms with Crippen LogP contribution in [0.2, 0.25) is 0 Å². The summed E-state index contributed by atoms with van der Waals surface area (Å²) in [6, 6.07) is 12.0. The van der Waals surface area contributed by atoms with Crippen LogP contribution in [-0.4, -0.2) is 31.1 Å². The van der Waals surface area contributed by atoms with Crippen LogP contribution in [-0.2, 0) is 4.79 Å². The molecule has 0 aliphatic carbocycles. The van der Waals surface area contributed by atoms with Crippen LogP contribution in [0.4, 0.5) is 15.2 Å². The van der Waals surface area contributed by atoms with Crippen LogP contribution < -0.4 is 15.0 Å². The minimum absolute atomic E-state index is 0.0184. The van der Waals surface area contributed by atoms with Gasteiger partial charge >= 0.3 is 0 Å². The third-order valence-electron chi connectivity index (χ3n) is 4.83. The highest BCUT2D eigenvalue weighted by molar-refractivity contribution is 7.22. The van der Waals surface area contributed by atoms with Crippen molar-refractivity contribution in [1.29, 1.82) is 0 Å². The Morgan fingerprint density at radius 1 is 1.22 bits per heavy atom. The summed E-state index contributed by atoms with van der Waals surface area (Å²) < 4.78 is 19.3. The first-order valence-corrected chi connectivity index (χ1v) is 9.70. The van der Waals surface area contributed by atoms with E-state index in [0.717, 1.165) is 52.7 Å². The lowest BCUT2D eigenvalue weighted by Crippen LogP contribution is -2.38. The van der Waals surface area contributed by atoms with Gasteiger partial charge in [0.25, 0.3) is 0 Å². The normalized spacial score (nSPS) is 15.1. The molecule has 7 heteroatoms. The first-order valence-electron chi connectivity index (χ1n) is 8.88. The predicted molar refractivity (Wildman–Crippen MR) is 106 cm³/mol. The van der Waals surface area contributed by atoms with Gasteiger partial charge in [0.1, 0.15) is 11.6 Å². The van der Waals surface area contributed by atoms with Crippen LogP contribution in [0.1, 0.15) is 12.8 Å². The lowest BCUT2D eigenvalue weighted by Gasteiger charge is -2.31. The molecular formula is C20H20FN3O2S. The summed E-state index contributed by atoms with van der Waals surface area (Å²) in [5, 5.41) is 3.87. The number of fused-ring (bicyclic) bond motifs is 1. The monoisotopic (exact) mass is 385 g/mol. The Labute approximate surface area is 160 Å². The summed E-state index contributed by atoms with van der Waals surface area (Å²) in [4.78, 5) is 19.3. The maximum atomic E-state index is 13.4. The number of piperidine rings is 1. The maximum absolute atomic E-state index is 13.4. The Kier molecular flexibility index (Phi) is 4.94. The summed E-state index contributed by atoms with van der Waals surface area (Å²) in [6.45, 7) is 1.53. The van der Waals surface area contributed by atoms with Gasteiger partial charge in [0, 0.05) is 24.7 Å². The van der Waals surface area contributed by atoms with Gasteiger partial charge in [-0.2, -0.15) is 0 Å². The molecule has 1 aliphatic rings. The second-order valence-corrected chi connectivity index (χ2v) is 7.60. The van der Waals surface area contributed by atoms with E-state index in [4.69, 9.17) is 4.74 Å². The average molecular weight is 385 g/mol. The summed E-state index contributed by atoms with van der Waals surface area (Å²) in [5.74, 6) is 0.546. The van der Waals surface area contributed by atoms with Gasteiger partial charge in [0.05, 0.1) is 17.3 Å². The molecule has 0 atom stereocenters. The minimum atomic E-state index is -0.244. The smallest absolute Gasteiger partial charge is 0.227 e. The number of amides is 1. The molecule has 1 aliphatic heterocycles. The number of carbonyl (C=O) groups is 1. The number of hydrogen-bond acceptors (Lipinski definition) is 5. The van der Waals surface area contributed by atoms with E-state index >= 15 is 0 Å². The third kappa shape index (κ3) is 3.88. The van der Waals surface area contributed by atoms with Crippen molar-refractivity contribution in [2.24, 2.45) is 5.92 Å². The fraction of sp³-hybridized carbons (Fsp3) is 0.300. The number of hydrogen-bond donors (Lipinski definition) is 1. The number of aromatic nitrogens is 1. The molecule has 1 N–H and O–H groups in total. The zero-order chi connectivity index (χ0) is 18.8. The molecule has 0 radical (unpaired) electrons. The number of nitrogens with zero attached hydrogens (tertiary/aromatic N) is 2. The van der Waals surface area contributed by atoms with Crippen LogP contribution in [0.25, 0.3) is 10.2 Å². The first-order chi connectivity index (χ1) is 13.1. The summed E-state index contributed by atoms with van der Waals surface area (Å²) in [5.41, 5.74) is 1.59. The van der Waals surface area contributed by atoms with E-state index < -0.39 is 0 Å². The van der Waals surface area contributed by atoms with Gasteiger partial charge in [-0.3, -0.25) is 4.79 Å². The van der Waals surface area contributed by atoms with Crippen LogP contribution in [0.15, 0.2) is 42.5 Å². The largest absolute Gasteiger partial charge is 0.497 e. The van der Waals surface area contributed by atoms with E-state index in [0.29, 0.717) is 0 Å². The van der Waals surface area contributed by atoms with Crippen molar-refractivity contribution in [1.82, 2.24) is 4.98 Å². The summed E-state index contributed by atoms with van der Waals surface area (Å²) in [6.07, 6.45) is 1.54. The molecule has 1 fully saturated rings. The minimum Gasteiger partial charge on any atom is -0.497 e. The number of rotatable bonds is 4. The average Bonchev–Trinajstić information content (AvgIpc) is 3.12. The number of halogens is 1. The number of methoxy groups -OCH3 is 1. The molecule has 1 amide bonds. The topological polar surface area (TPSA) is 54.5 Å². The van der Waals surface area contributed by atoms with Gasteiger partial charge in [-0.25, -0.2) is 9.37 Å².